The van der Waals surface area contributed by atoms with Gasteiger partial charge in [0.2, 0.25) is 0 Å². The van der Waals surface area contributed by atoms with E-state index in [2.05, 4.69) is 133 Å². The summed E-state index contributed by atoms with van der Waals surface area (Å²) in [6.45, 7) is 0. The maximum absolute atomic E-state index is 2.29. The zero-order valence-corrected chi connectivity index (χ0v) is 21.2. The first-order valence-corrected chi connectivity index (χ1v) is 13.7. The van der Waals surface area contributed by atoms with E-state index in [1.165, 1.54) is 63.3 Å². The van der Waals surface area contributed by atoms with Gasteiger partial charge in [-0.15, -0.1) is 22.7 Å². The van der Waals surface area contributed by atoms with Gasteiger partial charge in [0.1, 0.15) is 0 Å². The van der Waals surface area contributed by atoms with Crippen molar-refractivity contribution < 1.29 is 0 Å². The Morgan fingerprint density at radius 3 is 1.61 bits per heavy atom. The van der Waals surface area contributed by atoms with Gasteiger partial charge in [-0.05, 0) is 68.2 Å². The SMILES string of the molecule is c1ccc2sc(-c3ccc(-c4ccc(-c5ccc(-c6cccc7ccccc67)cc5)s4)cc3)cc2c1. The van der Waals surface area contributed by atoms with Crippen LogP contribution in [-0.2, 0) is 0 Å². The van der Waals surface area contributed by atoms with Crippen LogP contribution in [0.3, 0.4) is 0 Å². The number of hydrogen-bond donors (Lipinski definition) is 0. The van der Waals surface area contributed by atoms with Crippen molar-refractivity contribution in [2.45, 2.75) is 0 Å². The molecule has 0 aliphatic heterocycles. The first-order chi connectivity index (χ1) is 17.8. The number of benzene rings is 5. The minimum absolute atomic E-state index is 1.25. The van der Waals surface area contributed by atoms with Crippen LogP contribution in [0.5, 0.6) is 0 Å². The van der Waals surface area contributed by atoms with Gasteiger partial charge in [0, 0.05) is 19.3 Å². The Kier molecular flexibility index (Phi) is 5.27. The van der Waals surface area contributed by atoms with E-state index in [-0.39, 0.29) is 0 Å². The molecule has 5 aromatic carbocycles. The molecule has 0 aliphatic rings. The molecule has 170 valence electrons. The highest BCUT2D eigenvalue weighted by Gasteiger charge is 2.09. The lowest BCUT2D eigenvalue weighted by molar-refractivity contribution is 1.65. The lowest BCUT2D eigenvalue weighted by Gasteiger charge is -2.07. The molecule has 0 unspecified atom stereocenters. The molecule has 0 saturated carbocycles. The highest BCUT2D eigenvalue weighted by atomic mass is 32.1. The third-order valence-corrected chi connectivity index (χ3v) is 9.10. The molecule has 0 radical (unpaired) electrons. The van der Waals surface area contributed by atoms with Crippen molar-refractivity contribution in [3.05, 3.63) is 133 Å². The summed E-state index contributed by atoms with van der Waals surface area (Å²) < 4.78 is 1.34. The van der Waals surface area contributed by atoms with Crippen molar-refractivity contribution >= 4 is 43.5 Å². The monoisotopic (exact) mass is 494 g/mol. The van der Waals surface area contributed by atoms with Gasteiger partial charge in [0.25, 0.3) is 0 Å². The van der Waals surface area contributed by atoms with E-state index in [1.54, 1.807) is 0 Å². The summed E-state index contributed by atoms with van der Waals surface area (Å²) in [6.07, 6.45) is 0. The van der Waals surface area contributed by atoms with Gasteiger partial charge in [-0.2, -0.15) is 0 Å². The van der Waals surface area contributed by atoms with Crippen LogP contribution < -0.4 is 0 Å². The van der Waals surface area contributed by atoms with Gasteiger partial charge in [0.15, 0.2) is 0 Å². The fourth-order valence-corrected chi connectivity index (χ4v) is 6.95. The second-order valence-corrected chi connectivity index (χ2v) is 11.2. The van der Waals surface area contributed by atoms with Crippen LogP contribution in [-0.4, -0.2) is 0 Å². The summed E-state index contributed by atoms with van der Waals surface area (Å²) in [6, 6.07) is 48.5. The third kappa shape index (κ3) is 3.85. The van der Waals surface area contributed by atoms with E-state index in [4.69, 9.17) is 0 Å². The molecule has 2 heterocycles. The Morgan fingerprint density at radius 1 is 0.361 bits per heavy atom. The van der Waals surface area contributed by atoms with Gasteiger partial charge in [-0.1, -0.05) is 109 Å². The standard InChI is InChI=1S/C34H22S2/c1-3-9-29-23(6-1)8-5-10-30(29)24-12-14-25(15-13-24)32-20-21-33(35-32)26-16-18-27(19-17-26)34-22-28-7-2-4-11-31(28)36-34/h1-22H. The summed E-state index contributed by atoms with van der Waals surface area (Å²) in [5.41, 5.74) is 6.34. The van der Waals surface area contributed by atoms with Crippen molar-refractivity contribution in [3.8, 4) is 42.4 Å². The van der Waals surface area contributed by atoms with Crippen molar-refractivity contribution in [2.75, 3.05) is 0 Å². The largest absolute Gasteiger partial charge is 0.135 e. The molecule has 7 rings (SSSR count). The van der Waals surface area contributed by atoms with Crippen LogP contribution in [0, 0.1) is 0 Å². The highest BCUT2D eigenvalue weighted by Crippen LogP contribution is 2.38. The molecule has 0 atom stereocenters. The first-order valence-electron chi connectivity index (χ1n) is 12.1. The van der Waals surface area contributed by atoms with Gasteiger partial charge in [-0.3, -0.25) is 0 Å². The van der Waals surface area contributed by atoms with Crippen LogP contribution in [0.1, 0.15) is 0 Å². The second kappa shape index (κ2) is 8.91. The van der Waals surface area contributed by atoms with Gasteiger partial charge in [-0.25, -0.2) is 0 Å². The number of rotatable bonds is 4. The van der Waals surface area contributed by atoms with Crippen LogP contribution in [0.2, 0.25) is 0 Å². The fourth-order valence-electron chi connectivity index (χ4n) is 4.86. The molecular weight excluding hydrogens is 473 g/mol. The highest BCUT2D eigenvalue weighted by molar-refractivity contribution is 7.22. The fraction of sp³-hybridized carbons (Fsp3) is 0. The normalized spacial score (nSPS) is 11.3. The van der Waals surface area contributed by atoms with Crippen molar-refractivity contribution in [1.82, 2.24) is 0 Å². The molecule has 2 aromatic heterocycles. The third-order valence-electron chi connectivity index (χ3n) is 6.76. The molecule has 0 saturated heterocycles. The van der Waals surface area contributed by atoms with Gasteiger partial charge >= 0.3 is 0 Å². The topological polar surface area (TPSA) is 0 Å². The Balaban J connectivity index is 1.15. The summed E-state index contributed by atoms with van der Waals surface area (Å²) >= 11 is 3.71. The van der Waals surface area contributed by atoms with E-state index in [0.29, 0.717) is 0 Å². The molecule has 0 amide bonds. The Bertz CT molecular complexity index is 1780. The van der Waals surface area contributed by atoms with E-state index in [9.17, 15) is 0 Å². The minimum Gasteiger partial charge on any atom is -0.135 e. The predicted molar refractivity (Wildman–Crippen MR) is 159 cm³/mol. The number of thiophene rings is 2. The average molecular weight is 495 g/mol. The zero-order valence-electron chi connectivity index (χ0n) is 19.5. The summed E-state index contributed by atoms with van der Waals surface area (Å²) in [4.78, 5) is 3.91. The van der Waals surface area contributed by atoms with E-state index in [0.717, 1.165) is 0 Å². The molecule has 0 aliphatic carbocycles. The van der Waals surface area contributed by atoms with Crippen LogP contribution in [0.25, 0.3) is 63.3 Å². The van der Waals surface area contributed by atoms with Gasteiger partial charge < -0.3 is 0 Å². The molecule has 0 N–H and O–H groups in total. The van der Waals surface area contributed by atoms with Crippen molar-refractivity contribution in [2.24, 2.45) is 0 Å². The van der Waals surface area contributed by atoms with Crippen LogP contribution in [0.15, 0.2) is 133 Å². The Morgan fingerprint density at radius 2 is 0.917 bits per heavy atom. The molecule has 0 spiro atoms. The number of hydrogen-bond acceptors (Lipinski definition) is 2. The summed E-state index contributed by atoms with van der Waals surface area (Å²) in [5, 5.41) is 3.89. The Hall–Kier alpha value is -3.98. The first kappa shape index (κ1) is 21.3. The maximum atomic E-state index is 2.29. The maximum Gasteiger partial charge on any atom is 0.0355 e. The zero-order chi connectivity index (χ0) is 23.9. The molecule has 7 aromatic rings. The molecule has 2 heteroatoms. The number of fused-ring (bicyclic) bond motifs is 2. The van der Waals surface area contributed by atoms with Crippen molar-refractivity contribution in [1.29, 1.82) is 0 Å². The summed E-state index contributed by atoms with van der Waals surface area (Å²) in [7, 11) is 0. The van der Waals surface area contributed by atoms with E-state index >= 15 is 0 Å². The van der Waals surface area contributed by atoms with E-state index in [1.807, 2.05) is 22.7 Å². The molecule has 36 heavy (non-hydrogen) atoms. The van der Waals surface area contributed by atoms with Gasteiger partial charge in [0.05, 0.1) is 0 Å². The van der Waals surface area contributed by atoms with E-state index < -0.39 is 0 Å². The molecular formula is C34H22S2. The smallest absolute Gasteiger partial charge is 0.0355 e. The average Bonchev–Trinajstić information content (AvgIpc) is 3.61. The quantitative estimate of drug-likeness (QED) is 0.228. The lowest BCUT2D eigenvalue weighted by atomic mass is 9.97. The lowest BCUT2D eigenvalue weighted by Crippen LogP contribution is -1.81. The predicted octanol–water partition coefficient (Wildman–Crippen LogP) is 10.8. The minimum atomic E-state index is 1.25. The van der Waals surface area contributed by atoms with Crippen LogP contribution >= 0.6 is 22.7 Å². The Labute approximate surface area is 218 Å². The van der Waals surface area contributed by atoms with Crippen molar-refractivity contribution in [3.63, 3.8) is 0 Å². The van der Waals surface area contributed by atoms with Crippen LogP contribution in [0.4, 0.5) is 0 Å². The molecule has 0 fully saturated rings. The second-order valence-electron chi connectivity index (χ2n) is 8.99. The molecule has 0 bridgehead atoms. The molecule has 0 nitrogen and oxygen atoms in total. The summed E-state index contributed by atoms with van der Waals surface area (Å²) in [5.74, 6) is 0.